The zero-order valence-corrected chi connectivity index (χ0v) is 7.42. The summed E-state index contributed by atoms with van der Waals surface area (Å²) in [6.07, 6.45) is 2.40. The van der Waals surface area contributed by atoms with E-state index in [-0.39, 0.29) is 6.10 Å². The lowest BCUT2D eigenvalue weighted by molar-refractivity contribution is 0.147. The molecule has 2 rings (SSSR count). The van der Waals surface area contributed by atoms with Gasteiger partial charge >= 0.3 is 0 Å². The van der Waals surface area contributed by atoms with Crippen LogP contribution >= 0.6 is 11.7 Å². The summed E-state index contributed by atoms with van der Waals surface area (Å²) in [5.41, 5.74) is 0.993. The molecule has 1 aromatic heterocycles. The number of aliphatic hydroxyl groups is 1. The number of nitrogens with one attached hydrogen (secondary N) is 1. The van der Waals surface area contributed by atoms with E-state index in [2.05, 4.69) is 14.1 Å². The molecule has 0 saturated carbocycles. The molecule has 66 valence electrons. The van der Waals surface area contributed by atoms with Crippen LogP contribution in [0.4, 0.5) is 0 Å². The molecule has 0 radical (unpaired) electrons. The summed E-state index contributed by atoms with van der Waals surface area (Å²) in [7, 11) is 0. The summed E-state index contributed by atoms with van der Waals surface area (Å²) < 4.78 is 8.02. The van der Waals surface area contributed by atoms with Crippen LogP contribution in [0.15, 0.2) is 6.20 Å². The third-order valence-electron chi connectivity index (χ3n) is 2.18. The van der Waals surface area contributed by atoms with Gasteiger partial charge in [0.1, 0.15) is 0 Å². The summed E-state index contributed by atoms with van der Waals surface area (Å²) >= 11 is 1.22. The molecule has 1 aliphatic rings. The Balaban J connectivity index is 1.95. The molecule has 1 aliphatic heterocycles. The Labute approximate surface area is 75.0 Å². The maximum atomic E-state index is 9.48. The maximum Gasteiger partial charge on any atom is 0.0747 e. The molecule has 5 heteroatoms. The van der Waals surface area contributed by atoms with Gasteiger partial charge in [-0.05, 0) is 6.42 Å². The molecular formula is C7H11N3OS. The summed E-state index contributed by atoms with van der Waals surface area (Å²) in [6.45, 7) is 1.60. The number of hydrogen-bond acceptors (Lipinski definition) is 5. The van der Waals surface area contributed by atoms with Crippen LogP contribution in [0.3, 0.4) is 0 Å². The molecule has 1 fully saturated rings. The fraction of sp³-hybridized carbons (Fsp3) is 0.714. The first-order valence-electron chi connectivity index (χ1n) is 4.01. The highest BCUT2D eigenvalue weighted by atomic mass is 32.1. The number of β-amino-alcohol motifs (C(OH)–C–C–N with tert-alkyl or cyclic N) is 1. The van der Waals surface area contributed by atoms with Gasteiger partial charge in [0.05, 0.1) is 29.7 Å². The van der Waals surface area contributed by atoms with Gasteiger partial charge in [-0.2, -0.15) is 8.75 Å². The molecule has 0 spiro atoms. The van der Waals surface area contributed by atoms with E-state index < -0.39 is 0 Å². The second kappa shape index (κ2) is 3.47. The van der Waals surface area contributed by atoms with Crippen molar-refractivity contribution in [3.05, 3.63) is 11.9 Å². The molecule has 1 aromatic rings. The van der Waals surface area contributed by atoms with Crippen molar-refractivity contribution in [1.82, 2.24) is 14.1 Å². The Hall–Kier alpha value is -0.520. The van der Waals surface area contributed by atoms with Gasteiger partial charge in [-0.1, -0.05) is 0 Å². The van der Waals surface area contributed by atoms with E-state index in [1.165, 1.54) is 11.7 Å². The molecule has 0 amide bonds. The lowest BCUT2D eigenvalue weighted by Crippen LogP contribution is -2.19. The van der Waals surface area contributed by atoms with Gasteiger partial charge in [-0.25, -0.2) is 0 Å². The Morgan fingerprint density at radius 1 is 1.67 bits per heavy atom. The zero-order chi connectivity index (χ0) is 8.39. The quantitative estimate of drug-likeness (QED) is 0.662. The predicted molar refractivity (Wildman–Crippen MR) is 46.0 cm³/mol. The van der Waals surface area contributed by atoms with Crippen molar-refractivity contribution in [3.8, 4) is 0 Å². The third-order valence-corrected chi connectivity index (χ3v) is 2.70. The van der Waals surface area contributed by atoms with Crippen molar-refractivity contribution in [2.24, 2.45) is 5.92 Å². The van der Waals surface area contributed by atoms with Crippen molar-refractivity contribution in [2.45, 2.75) is 12.5 Å². The Morgan fingerprint density at radius 3 is 3.17 bits per heavy atom. The van der Waals surface area contributed by atoms with Crippen LogP contribution in [0.5, 0.6) is 0 Å². The van der Waals surface area contributed by atoms with Gasteiger partial charge in [0.2, 0.25) is 0 Å². The number of nitrogens with zero attached hydrogens (tertiary/aromatic N) is 2. The molecule has 12 heavy (non-hydrogen) atoms. The average Bonchev–Trinajstić information content (AvgIpc) is 2.65. The molecule has 0 aliphatic carbocycles. The first-order chi connectivity index (χ1) is 5.86. The van der Waals surface area contributed by atoms with Crippen molar-refractivity contribution >= 4 is 11.7 Å². The van der Waals surface area contributed by atoms with E-state index in [0.29, 0.717) is 12.5 Å². The van der Waals surface area contributed by atoms with Gasteiger partial charge in [0, 0.05) is 19.0 Å². The molecule has 0 unspecified atom stereocenters. The largest absolute Gasteiger partial charge is 0.391 e. The summed E-state index contributed by atoms with van der Waals surface area (Å²) in [4.78, 5) is 0. The Morgan fingerprint density at radius 2 is 2.58 bits per heavy atom. The second-order valence-electron chi connectivity index (χ2n) is 3.09. The van der Waals surface area contributed by atoms with Gasteiger partial charge in [0.15, 0.2) is 0 Å². The van der Waals surface area contributed by atoms with Gasteiger partial charge in [0.25, 0.3) is 0 Å². The van der Waals surface area contributed by atoms with Gasteiger partial charge in [-0.3, -0.25) is 0 Å². The maximum absolute atomic E-state index is 9.48. The minimum absolute atomic E-state index is 0.216. The lowest BCUT2D eigenvalue weighted by atomic mass is 10.0. The van der Waals surface area contributed by atoms with E-state index in [1.807, 2.05) is 0 Å². The smallest absolute Gasteiger partial charge is 0.0747 e. The number of aliphatic hydroxyl groups excluding tert-OH is 1. The normalized spacial score (nSPS) is 29.4. The molecule has 0 bridgehead atoms. The van der Waals surface area contributed by atoms with Crippen molar-refractivity contribution < 1.29 is 5.11 Å². The number of aromatic nitrogens is 2. The fourth-order valence-electron chi connectivity index (χ4n) is 1.47. The summed E-state index contributed by atoms with van der Waals surface area (Å²) in [5, 5.41) is 12.6. The van der Waals surface area contributed by atoms with E-state index >= 15 is 0 Å². The zero-order valence-electron chi connectivity index (χ0n) is 6.60. The van der Waals surface area contributed by atoms with E-state index in [0.717, 1.165) is 18.7 Å². The molecule has 2 atom stereocenters. The number of rotatable bonds is 2. The SMILES string of the molecule is O[C@@H]1CNC[C@H]1Cc1cnsn1. The molecule has 2 N–H and O–H groups in total. The summed E-state index contributed by atoms with van der Waals surface area (Å²) in [6, 6.07) is 0. The van der Waals surface area contributed by atoms with E-state index in [9.17, 15) is 5.11 Å². The Bertz CT molecular complexity index is 239. The van der Waals surface area contributed by atoms with Gasteiger partial charge < -0.3 is 10.4 Å². The third kappa shape index (κ3) is 1.63. The molecule has 1 saturated heterocycles. The fourth-order valence-corrected chi connectivity index (χ4v) is 1.91. The summed E-state index contributed by atoms with van der Waals surface area (Å²) in [5.74, 6) is 0.314. The standard InChI is InChI=1S/C7H11N3OS/c11-7-4-8-2-5(7)1-6-3-9-12-10-6/h3,5,7-8,11H,1-2,4H2/t5-,7-/m1/s1. The van der Waals surface area contributed by atoms with Crippen LogP contribution in [0.25, 0.3) is 0 Å². The van der Waals surface area contributed by atoms with Crippen LogP contribution in [-0.2, 0) is 6.42 Å². The molecule has 4 nitrogen and oxygen atoms in total. The minimum atomic E-state index is -0.216. The van der Waals surface area contributed by atoms with Crippen LogP contribution in [0.2, 0.25) is 0 Å². The minimum Gasteiger partial charge on any atom is -0.391 e. The predicted octanol–water partition coefficient (Wildman–Crippen LogP) is -0.339. The topological polar surface area (TPSA) is 58.0 Å². The van der Waals surface area contributed by atoms with Crippen molar-refractivity contribution in [1.29, 1.82) is 0 Å². The highest BCUT2D eigenvalue weighted by Gasteiger charge is 2.25. The second-order valence-corrected chi connectivity index (χ2v) is 3.65. The highest BCUT2D eigenvalue weighted by Crippen LogP contribution is 2.14. The van der Waals surface area contributed by atoms with Crippen LogP contribution in [0.1, 0.15) is 5.69 Å². The average molecular weight is 185 g/mol. The monoisotopic (exact) mass is 185 g/mol. The first kappa shape index (κ1) is 8.10. The van der Waals surface area contributed by atoms with Crippen LogP contribution in [0, 0.1) is 5.92 Å². The first-order valence-corrected chi connectivity index (χ1v) is 4.74. The lowest BCUT2D eigenvalue weighted by Gasteiger charge is -2.09. The highest BCUT2D eigenvalue weighted by molar-refractivity contribution is 6.99. The molecule has 2 heterocycles. The van der Waals surface area contributed by atoms with Crippen LogP contribution < -0.4 is 5.32 Å². The van der Waals surface area contributed by atoms with Gasteiger partial charge in [-0.15, -0.1) is 0 Å². The molecule has 0 aromatic carbocycles. The van der Waals surface area contributed by atoms with E-state index in [1.54, 1.807) is 6.20 Å². The Kier molecular flexibility index (Phi) is 2.34. The van der Waals surface area contributed by atoms with E-state index in [4.69, 9.17) is 0 Å². The van der Waals surface area contributed by atoms with Crippen LogP contribution in [-0.4, -0.2) is 33.0 Å². The van der Waals surface area contributed by atoms with Crippen molar-refractivity contribution in [2.75, 3.05) is 13.1 Å². The number of hydrogen-bond donors (Lipinski definition) is 2. The molecular weight excluding hydrogens is 174 g/mol. The van der Waals surface area contributed by atoms with Crippen molar-refractivity contribution in [3.63, 3.8) is 0 Å².